The average Bonchev–Trinajstić information content (AvgIpc) is 2.74. The van der Waals surface area contributed by atoms with E-state index in [1.165, 1.54) is 31.3 Å². The number of ketones is 1. The van der Waals surface area contributed by atoms with Gasteiger partial charge in [-0.1, -0.05) is 0 Å². The number of hydrogen-bond donors (Lipinski definition) is 1. The highest BCUT2D eigenvalue weighted by Gasteiger charge is 2.30. The predicted molar refractivity (Wildman–Crippen MR) is 102 cm³/mol. The fourth-order valence-corrected chi connectivity index (χ4v) is 4.06. The van der Waals surface area contributed by atoms with Crippen molar-refractivity contribution in [1.29, 1.82) is 0 Å². The standard InChI is InChI=1S/C20H20F2N2O4S/c1-23-29(27,28)16-5-2-14(3-6-16)20(26)24-10-8-13(9-11-24)19(25)17-12-15(21)4-7-18(17)22/h2-7,12-13,23H,8-11H2,1H3. The Bertz CT molecular complexity index is 1030. The van der Waals surface area contributed by atoms with Gasteiger partial charge in [-0.15, -0.1) is 0 Å². The SMILES string of the molecule is CNS(=O)(=O)c1ccc(C(=O)N2CCC(C(=O)c3cc(F)ccc3F)CC2)cc1. The van der Waals surface area contributed by atoms with Crippen molar-refractivity contribution in [3.8, 4) is 0 Å². The van der Waals surface area contributed by atoms with Crippen molar-refractivity contribution < 1.29 is 26.8 Å². The molecule has 0 unspecified atom stereocenters. The number of sulfonamides is 1. The maximum absolute atomic E-state index is 13.8. The zero-order valence-corrected chi connectivity index (χ0v) is 16.5. The van der Waals surface area contributed by atoms with Gasteiger partial charge < -0.3 is 4.90 Å². The van der Waals surface area contributed by atoms with E-state index in [1.807, 2.05) is 0 Å². The lowest BCUT2D eigenvalue weighted by atomic mass is 9.88. The van der Waals surface area contributed by atoms with Crippen LogP contribution in [0.15, 0.2) is 47.4 Å². The average molecular weight is 422 g/mol. The highest BCUT2D eigenvalue weighted by molar-refractivity contribution is 7.89. The molecule has 1 saturated heterocycles. The second kappa shape index (κ2) is 8.38. The van der Waals surface area contributed by atoms with E-state index in [0.29, 0.717) is 31.5 Å². The first-order chi connectivity index (χ1) is 13.7. The lowest BCUT2D eigenvalue weighted by molar-refractivity contribution is 0.0649. The molecule has 3 rings (SSSR count). The minimum atomic E-state index is -3.59. The Morgan fingerprint density at radius 2 is 1.66 bits per heavy atom. The second-order valence-corrected chi connectivity index (χ2v) is 8.67. The zero-order valence-electron chi connectivity index (χ0n) is 15.7. The summed E-state index contributed by atoms with van der Waals surface area (Å²) in [7, 11) is -2.28. The largest absolute Gasteiger partial charge is 0.339 e. The molecule has 1 fully saturated rings. The Kier molecular flexibility index (Phi) is 6.09. The van der Waals surface area contributed by atoms with E-state index < -0.39 is 33.4 Å². The number of benzene rings is 2. The Hall–Kier alpha value is -2.65. The van der Waals surface area contributed by atoms with Crippen molar-refractivity contribution in [2.45, 2.75) is 17.7 Å². The van der Waals surface area contributed by atoms with E-state index in [4.69, 9.17) is 0 Å². The van der Waals surface area contributed by atoms with Gasteiger partial charge in [0, 0.05) is 24.6 Å². The number of amides is 1. The smallest absolute Gasteiger partial charge is 0.253 e. The van der Waals surface area contributed by atoms with Gasteiger partial charge in [-0.05, 0) is 62.4 Å². The first-order valence-electron chi connectivity index (χ1n) is 9.05. The number of Topliss-reactive ketones (excluding diaryl/α,β-unsaturated/α-hetero) is 1. The molecule has 0 aliphatic carbocycles. The minimum absolute atomic E-state index is 0.0537. The molecular formula is C20H20F2N2O4S. The molecule has 0 saturated carbocycles. The summed E-state index contributed by atoms with van der Waals surface area (Å²) in [4.78, 5) is 26.8. The van der Waals surface area contributed by atoms with E-state index in [0.717, 1.165) is 18.2 Å². The maximum atomic E-state index is 13.8. The highest BCUT2D eigenvalue weighted by Crippen LogP contribution is 2.25. The van der Waals surface area contributed by atoms with Crippen LogP contribution in [0.3, 0.4) is 0 Å². The molecule has 1 amide bonds. The third-order valence-corrected chi connectivity index (χ3v) is 6.46. The monoisotopic (exact) mass is 422 g/mol. The Morgan fingerprint density at radius 3 is 2.24 bits per heavy atom. The van der Waals surface area contributed by atoms with Crippen LogP contribution >= 0.6 is 0 Å². The molecule has 1 aliphatic rings. The molecule has 2 aromatic carbocycles. The number of rotatable bonds is 5. The molecular weight excluding hydrogens is 402 g/mol. The molecule has 0 radical (unpaired) electrons. The van der Waals surface area contributed by atoms with Crippen LogP contribution in [0.1, 0.15) is 33.6 Å². The predicted octanol–water partition coefficient (Wildman–Crippen LogP) is 2.61. The van der Waals surface area contributed by atoms with Gasteiger partial charge in [0.1, 0.15) is 11.6 Å². The third-order valence-electron chi connectivity index (χ3n) is 5.03. The summed E-state index contributed by atoms with van der Waals surface area (Å²) in [5.41, 5.74) is 0.0668. The third kappa shape index (κ3) is 4.51. The number of hydrogen-bond acceptors (Lipinski definition) is 4. The zero-order chi connectivity index (χ0) is 21.2. The summed E-state index contributed by atoms with van der Waals surface area (Å²) in [6.45, 7) is 0.589. The normalized spacial score (nSPS) is 15.3. The summed E-state index contributed by atoms with van der Waals surface area (Å²) in [6, 6.07) is 8.36. The Balaban J connectivity index is 1.65. The molecule has 0 spiro atoms. The quantitative estimate of drug-likeness (QED) is 0.751. The second-order valence-electron chi connectivity index (χ2n) is 6.79. The molecule has 0 atom stereocenters. The van der Waals surface area contributed by atoms with Gasteiger partial charge in [-0.2, -0.15) is 0 Å². The molecule has 29 heavy (non-hydrogen) atoms. The summed E-state index contributed by atoms with van der Waals surface area (Å²) in [5, 5.41) is 0. The van der Waals surface area contributed by atoms with Gasteiger partial charge in [-0.3, -0.25) is 9.59 Å². The van der Waals surface area contributed by atoms with E-state index >= 15 is 0 Å². The van der Waals surface area contributed by atoms with Crippen LogP contribution in [0.5, 0.6) is 0 Å². The van der Waals surface area contributed by atoms with Crippen molar-refractivity contribution in [2.24, 2.45) is 5.92 Å². The van der Waals surface area contributed by atoms with Crippen molar-refractivity contribution in [3.63, 3.8) is 0 Å². The van der Waals surface area contributed by atoms with Crippen molar-refractivity contribution in [1.82, 2.24) is 9.62 Å². The Morgan fingerprint density at radius 1 is 1.03 bits per heavy atom. The van der Waals surface area contributed by atoms with Crippen LogP contribution < -0.4 is 4.72 Å². The number of carbonyl (C=O) groups excluding carboxylic acids is 2. The molecule has 0 bridgehead atoms. The number of halogens is 2. The fraction of sp³-hybridized carbons (Fsp3) is 0.300. The maximum Gasteiger partial charge on any atom is 0.253 e. The molecule has 1 aliphatic heterocycles. The molecule has 1 N–H and O–H groups in total. The van der Waals surface area contributed by atoms with Crippen molar-refractivity contribution >= 4 is 21.7 Å². The lowest BCUT2D eigenvalue weighted by Crippen LogP contribution is -2.40. The van der Waals surface area contributed by atoms with Crippen LogP contribution in [0.2, 0.25) is 0 Å². The van der Waals surface area contributed by atoms with E-state index in [-0.39, 0.29) is 16.4 Å². The van der Waals surface area contributed by atoms with Crippen LogP contribution in [0.4, 0.5) is 8.78 Å². The van der Waals surface area contributed by atoms with Gasteiger partial charge in [0.05, 0.1) is 10.5 Å². The highest BCUT2D eigenvalue weighted by atomic mass is 32.2. The molecule has 2 aromatic rings. The molecule has 1 heterocycles. The van der Waals surface area contributed by atoms with Gasteiger partial charge >= 0.3 is 0 Å². The van der Waals surface area contributed by atoms with Crippen LogP contribution in [0, 0.1) is 17.6 Å². The van der Waals surface area contributed by atoms with Crippen molar-refractivity contribution in [2.75, 3.05) is 20.1 Å². The molecule has 9 heteroatoms. The number of piperidine rings is 1. The summed E-state index contributed by atoms with van der Waals surface area (Å²) in [6.07, 6.45) is 0.680. The Labute approximate surface area is 167 Å². The lowest BCUT2D eigenvalue weighted by Gasteiger charge is -2.31. The van der Waals surface area contributed by atoms with E-state index in [1.54, 1.807) is 4.90 Å². The molecule has 6 nitrogen and oxygen atoms in total. The first kappa shape index (κ1) is 21.1. The van der Waals surface area contributed by atoms with Crippen LogP contribution in [0.25, 0.3) is 0 Å². The molecule has 154 valence electrons. The molecule has 0 aromatic heterocycles. The number of carbonyl (C=O) groups is 2. The van der Waals surface area contributed by atoms with Crippen LogP contribution in [-0.2, 0) is 10.0 Å². The minimum Gasteiger partial charge on any atom is -0.339 e. The summed E-state index contributed by atoms with van der Waals surface area (Å²) < 4.78 is 52.9. The first-order valence-corrected chi connectivity index (χ1v) is 10.5. The van der Waals surface area contributed by atoms with Gasteiger partial charge in [0.25, 0.3) is 5.91 Å². The van der Waals surface area contributed by atoms with E-state index in [2.05, 4.69) is 4.72 Å². The topological polar surface area (TPSA) is 83.6 Å². The van der Waals surface area contributed by atoms with E-state index in [9.17, 15) is 26.8 Å². The van der Waals surface area contributed by atoms with Gasteiger partial charge in [-0.25, -0.2) is 21.9 Å². The van der Waals surface area contributed by atoms with Gasteiger partial charge in [0.15, 0.2) is 5.78 Å². The van der Waals surface area contributed by atoms with Crippen molar-refractivity contribution in [3.05, 3.63) is 65.2 Å². The number of nitrogens with one attached hydrogen (secondary N) is 1. The summed E-state index contributed by atoms with van der Waals surface area (Å²) >= 11 is 0. The summed E-state index contributed by atoms with van der Waals surface area (Å²) in [5.74, 6) is -2.66. The number of nitrogens with zero attached hydrogens (tertiary/aromatic N) is 1. The van der Waals surface area contributed by atoms with Crippen LogP contribution in [-0.4, -0.2) is 45.1 Å². The number of likely N-dealkylation sites (tertiary alicyclic amines) is 1. The van der Waals surface area contributed by atoms with Gasteiger partial charge in [0.2, 0.25) is 10.0 Å². The fourth-order valence-electron chi connectivity index (χ4n) is 3.33.